The van der Waals surface area contributed by atoms with Gasteiger partial charge < -0.3 is 4.43 Å². The molecule has 0 fully saturated rings. The summed E-state index contributed by atoms with van der Waals surface area (Å²) in [6.07, 6.45) is 0. The number of halogens is 2. The molecule has 10 heavy (non-hydrogen) atoms. The molecule has 0 spiro atoms. The first-order valence-corrected chi connectivity index (χ1v) is 6.03. The molecule has 4 heteroatoms. The van der Waals surface area contributed by atoms with Gasteiger partial charge in [0.1, 0.15) is 0 Å². The Labute approximate surface area is 75.0 Å². The normalized spacial score (nSPS) is 13.2. The van der Waals surface area contributed by atoms with Gasteiger partial charge in [-0.25, -0.2) is 0 Å². The third-order valence-electron chi connectivity index (χ3n) is 1.09. The van der Waals surface area contributed by atoms with Crippen molar-refractivity contribution >= 4 is 33.0 Å². The van der Waals surface area contributed by atoms with Crippen LogP contribution in [0.15, 0.2) is 0 Å². The van der Waals surface area contributed by atoms with E-state index in [-0.39, 0.29) is 5.60 Å². The lowest BCUT2D eigenvalue weighted by molar-refractivity contribution is 0.142. The van der Waals surface area contributed by atoms with Crippen molar-refractivity contribution in [3.63, 3.8) is 0 Å². The van der Waals surface area contributed by atoms with Gasteiger partial charge in [0, 0.05) is 11.8 Å². The van der Waals surface area contributed by atoms with Gasteiger partial charge in [0.05, 0.1) is 5.60 Å². The van der Waals surface area contributed by atoms with E-state index in [2.05, 4.69) is 0 Å². The molecule has 0 heterocycles. The van der Waals surface area contributed by atoms with E-state index in [1.54, 1.807) is 0 Å². The molecule has 62 valence electrons. The summed E-state index contributed by atoms with van der Waals surface area (Å²) in [6, 6.07) is 1.03. The summed E-state index contributed by atoms with van der Waals surface area (Å²) in [7, 11) is -0.420. The first kappa shape index (κ1) is 10.8. The molecule has 0 bridgehead atoms. The van der Waals surface area contributed by atoms with Gasteiger partial charge in [-0.15, -0.1) is 23.2 Å². The second-order valence-electron chi connectivity index (χ2n) is 2.78. The Balaban J connectivity index is 3.28. The van der Waals surface area contributed by atoms with Crippen molar-refractivity contribution in [3.8, 4) is 0 Å². The highest BCUT2D eigenvalue weighted by Crippen LogP contribution is 2.10. The average molecular weight is 201 g/mol. The zero-order valence-corrected chi connectivity index (χ0v) is 9.42. The van der Waals surface area contributed by atoms with Crippen LogP contribution in [0.3, 0.4) is 0 Å². The van der Waals surface area contributed by atoms with Gasteiger partial charge in [-0.2, -0.15) is 0 Å². The molecule has 0 aromatic heterocycles. The van der Waals surface area contributed by atoms with Gasteiger partial charge in [-0.3, -0.25) is 0 Å². The van der Waals surface area contributed by atoms with E-state index in [1.165, 1.54) is 0 Å². The highest BCUT2D eigenvalue weighted by atomic mass is 35.5. The summed E-state index contributed by atoms with van der Waals surface area (Å²) in [6.45, 7) is 4.00. The van der Waals surface area contributed by atoms with E-state index in [1.807, 2.05) is 13.8 Å². The zero-order chi connectivity index (χ0) is 8.04. The minimum atomic E-state index is -0.420. The fourth-order valence-electron chi connectivity index (χ4n) is 0.442. The Hall–Kier alpha value is 0.757. The van der Waals surface area contributed by atoms with Crippen molar-refractivity contribution in [3.05, 3.63) is 0 Å². The lowest BCUT2D eigenvalue weighted by Crippen LogP contribution is -2.28. The van der Waals surface area contributed by atoms with Crippen LogP contribution >= 0.6 is 23.2 Å². The second-order valence-corrected chi connectivity index (χ2v) is 4.83. The van der Waals surface area contributed by atoms with E-state index >= 15 is 0 Å². The molecule has 0 aromatic rings. The Kier molecular flexibility index (Phi) is 5.82. The molecule has 0 unspecified atom stereocenters. The van der Waals surface area contributed by atoms with Crippen LogP contribution in [0.4, 0.5) is 0 Å². The van der Waals surface area contributed by atoms with Gasteiger partial charge in [0.25, 0.3) is 0 Å². The van der Waals surface area contributed by atoms with Gasteiger partial charge in [-0.1, -0.05) is 0 Å². The maximum absolute atomic E-state index is 5.64. The van der Waals surface area contributed by atoms with Gasteiger partial charge in [0.15, 0.2) is 9.76 Å². The lowest BCUT2D eigenvalue weighted by Gasteiger charge is -2.22. The van der Waals surface area contributed by atoms with Crippen LogP contribution in [0.1, 0.15) is 13.8 Å². The first-order valence-electron chi connectivity index (χ1n) is 3.38. The van der Waals surface area contributed by atoms with Crippen LogP contribution in [0.2, 0.25) is 6.04 Å². The van der Waals surface area contributed by atoms with Crippen molar-refractivity contribution in [2.45, 2.75) is 25.5 Å². The maximum atomic E-state index is 5.64. The smallest absolute Gasteiger partial charge is 0.163 e. The molecule has 0 N–H and O–H groups in total. The van der Waals surface area contributed by atoms with Crippen LogP contribution < -0.4 is 0 Å². The highest BCUT2D eigenvalue weighted by molar-refractivity contribution is 6.31. The third kappa shape index (κ3) is 5.53. The number of alkyl halides is 2. The Morgan fingerprint density at radius 2 is 2.00 bits per heavy atom. The Morgan fingerprint density at radius 1 is 1.40 bits per heavy atom. The van der Waals surface area contributed by atoms with Crippen LogP contribution in [0.25, 0.3) is 0 Å². The summed E-state index contributed by atoms with van der Waals surface area (Å²) in [4.78, 5) is 0. The molecule has 0 rings (SSSR count). The van der Waals surface area contributed by atoms with E-state index < -0.39 is 9.76 Å². The summed E-state index contributed by atoms with van der Waals surface area (Å²) < 4.78 is 5.54. The number of rotatable bonds is 5. The highest BCUT2D eigenvalue weighted by Gasteiger charge is 2.14. The predicted molar refractivity (Wildman–Crippen MR) is 50.0 cm³/mol. The topological polar surface area (TPSA) is 9.23 Å². The first-order chi connectivity index (χ1) is 4.62. The predicted octanol–water partition coefficient (Wildman–Crippen LogP) is 1.76. The molecular formula is C6H14Cl2OSi. The van der Waals surface area contributed by atoms with Gasteiger partial charge in [0.2, 0.25) is 0 Å². The van der Waals surface area contributed by atoms with Crippen molar-refractivity contribution in [1.82, 2.24) is 0 Å². The van der Waals surface area contributed by atoms with Crippen molar-refractivity contribution < 1.29 is 4.43 Å². The van der Waals surface area contributed by atoms with Gasteiger partial charge >= 0.3 is 0 Å². The molecule has 0 aliphatic carbocycles. The van der Waals surface area contributed by atoms with Crippen LogP contribution in [-0.2, 0) is 4.43 Å². The molecule has 1 nitrogen and oxygen atoms in total. The Morgan fingerprint density at radius 3 is 2.40 bits per heavy atom. The van der Waals surface area contributed by atoms with Gasteiger partial charge in [-0.05, 0) is 19.9 Å². The van der Waals surface area contributed by atoms with Crippen LogP contribution in [-0.4, -0.2) is 27.1 Å². The summed E-state index contributed by atoms with van der Waals surface area (Å²) in [5.74, 6) is 1.27. The quantitative estimate of drug-likeness (QED) is 0.374. The fraction of sp³-hybridized carbons (Fsp3) is 1.00. The minimum Gasteiger partial charge on any atom is -0.418 e. The third-order valence-corrected chi connectivity index (χ3v) is 4.08. The van der Waals surface area contributed by atoms with Crippen molar-refractivity contribution in [2.75, 3.05) is 11.8 Å². The SMILES string of the molecule is CC(C)(CCl)O[SiH2]CCCl. The largest absolute Gasteiger partial charge is 0.418 e. The molecule has 0 radical (unpaired) electrons. The average Bonchev–Trinajstić information content (AvgIpc) is 1.89. The standard InChI is InChI=1S/C6H14Cl2OSi/c1-6(2,5-8)9-10-4-3-7/h3-5,10H2,1-2H3. The van der Waals surface area contributed by atoms with Crippen molar-refractivity contribution in [2.24, 2.45) is 0 Å². The number of hydrogen-bond donors (Lipinski definition) is 0. The summed E-state index contributed by atoms with van der Waals surface area (Å²) >= 11 is 11.1. The molecule has 0 amide bonds. The zero-order valence-electron chi connectivity index (χ0n) is 6.49. The van der Waals surface area contributed by atoms with Crippen LogP contribution in [0.5, 0.6) is 0 Å². The molecule has 0 aliphatic heterocycles. The fourth-order valence-corrected chi connectivity index (χ4v) is 1.88. The van der Waals surface area contributed by atoms with Crippen LogP contribution in [0, 0.1) is 0 Å². The number of hydrogen-bond acceptors (Lipinski definition) is 1. The maximum Gasteiger partial charge on any atom is 0.163 e. The van der Waals surface area contributed by atoms with Crippen molar-refractivity contribution in [1.29, 1.82) is 0 Å². The molecular weight excluding hydrogens is 187 g/mol. The lowest BCUT2D eigenvalue weighted by atomic mass is 10.2. The Bertz CT molecular complexity index is 87.8. The molecule has 0 aromatic carbocycles. The summed E-state index contributed by atoms with van der Waals surface area (Å²) in [5.41, 5.74) is -0.139. The second kappa shape index (κ2) is 5.41. The van der Waals surface area contributed by atoms with E-state index in [4.69, 9.17) is 27.6 Å². The van der Waals surface area contributed by atoms with E-state index in [0.717, 1.165) is 6.04 Å². The monoisotopic (exact) mass is 200 g/mol. The van der Waals surface area contributed by atoms with E-state index in [9.17, 15) is 0 Å². The molecule has 0 saturated carbocycles. The molecule has 0 atom stereocenters. The van der Waals surface area contributed by atoms with E-state index in [0.29, 0.717) is 11.8 Å². The minimum absolute atomic E-state index is 0.139. The molecule has 0 saturated heterocycles. The molecule has 0 aliphatic rings. The summed E-state index contributed by atoms with van der Waals surface area (Å²) in [5, 5.41) is 0.